The quantitative estimate of drug-likeness (QED) is 0.296. The first-order valence-electron chi connectivity index (χ1n) is 13.4. The lowest BCUT2D eigenvalue weighted by Crippen LogP contribution is -2.73. The summed E-state index contributed by atoms with van der Waals surface area (Å²) in [6.45, 7) is 3.40. The second-order valence-corrected chi connectivity index (χ2v) is 11.2. The van der Waals surface area contributed by atoms with Gasteiger partial charge in [-0.1, -0.05) is 19.1 Å². The van der Waals surface area contributed by atoms with Gasteiger partial charge in [-0.15, -0.1) is 0 Å². The number of amides is 1. The van der Waals surface area contributed by atoms with Crippen molar-refractivity contribution in [3.8, 4) is 5.75 Å². The van der Waals surface area contributed by atoms with Crippen molar-refractivity contribution in [2.45, 2.75) is 56.7 Å². The Balaban J connectivity index is 1.56. The first-order chi connectivity index (χ1) is 18.5. The maximum atomic E-state index is 13.9. The van der Waals surface area contributed by atoms with Crippen molar-refractivity contribution in [1.29, 1.82) is 0 Å². The number of nitrogens with two attached hydrogens (primary N) is 1. The molecule has 11 heteroatoms. The number of benzene rings is 1. The van der Waals surface area contributed by atoms with Gasteiger partial charge in [-0.25, -0.2) is 0 Å². The van der Waals surface area contributed by atoms with E-state index in [-0.39, 0.29) is 17.7 Å². The highest BCUT2D eigenvalue weighted by Gasteiger charge is 2.71. The number of aliphatic hydroxyl groups is 1. The highest BCUT2D eigenvalue weighted by Crippen LogP contribution is 2.54. The van der Waals surface area contributed by atoms with Gasteiger partial charge in [-0.3, -0.25) is 28.8 Å². The molecule has 3 aliphatic carbocycles. The molecule has 1 aromatic carbocycles. The van der Waals surface area contributed by atoms with Gasteiger partial charge in [0.2, 0.25) is 5.91 Å². The molecular formula is C28H32N2O9. The summed E-state index contributed by atoms with van der Waals surface area (Å²) in [4.78, 5) is 78.9. The van der Waals surface area contributed by atoms with Gasteiger partial charge >= 0.3 is 5.97 Å². The number of phenols is 1. The van der Waals surface area contributed by atoms with Crippen molar-refractivity contribution < 1.29 is 43.7 Å². The second-order valence-electron chi connectivity index (χ2n) is 11.2. The predicted octanol–water partition coefficient (Wildman–Crippen LogP) is 0.189. The van der Waals surface area contributed by atoms with Crippen LogP contribution in [0.3, 0.4) is 0 Å². The Morgan fingerprint density at radius 2 is 1.82 bits per heavy atom. The number of esters is 1. The molecule has 1 heterocycles. The fraction of sp³-hybridized carbons (Fsp3) is 0.571. The van der Waals surface area contributed by atoms with E-state index >= 15 is 0 Å². The number of primary amides is 1. The number of hydrogen-bond acceptors (Lipinski definition) is 10. The zero-order valence-electron chi connectivity index (χ0n) is 21.6. The van der Waals surface area contributed by atoms with Gasteiger partial charge in [0.15, 0.2) is 34.7 Å². The molecule has 0 bridgehead atoms. The Hall–Kier alpha value is -3.44. The van der Waals surface area contributed by atoms with Crippen molar-refractivity contribution in [2.24, 2.45) is 35.3 Å². The number of rotatable bonds is 5. The molecule has 0 radical (unpaired) electrons. The van der Waals surface area contributed by atoms with E-state index in [4.69, 9.17) is 10.5 Å². The largest absolute Gasteiger partial charge is 0.507 e. The van der Waals surface area contributed by atoms with Crippen LogP contribution in [-0.4, -0.2) is 70.0 Å². The summed E-state index contributed by atoms with van der Waals surface area (Å²) in [5, 5.41) is 25.4. The molecule has 39 heavy (non-hydrogen) atoms. The van der Waals surface area contributed by atoms with Gasteiger partial charge in [-0.05, 0) is 55.8 Å². The average molecular weight is 541 g/mol. The molecular weight excluding hydrogens is 508 g/mol. The van der Waals surface area contributed by atoms with Gasteiger partial charge < -0.3 is 26.0 Å². The number of piperidine rings is 1. The summed E-state index contributed by atoms with van der Waals surface area (Å²) < 4.78 is 5.89. The minimum Gasteiger partial charge on any atom is -0.507 e. The summed E-state index contributed by atoms with van der Waals surface area (Å²) in [6.07, 6.45) is 0.452. The first-order valence-corrected chi connectivity index (χ1v) is 13.4. The zero-order chi connectivity index (χ0) is 28.2. The van der Waals surface area contributed by atoms with Crippen molar-refractivity contribution in [3.63, 3.8) is 0 Å². The Labute approximate surface area is 224 Å². The van der Waals surface area contributed by atoms with Crippen molar-refractivity contribution >= 4 is 35.0 Å². The van der Waals surface area contributed by atoms with E-state index in [0.717, 1.165) is 25.9 Å². The van der Waals surface area contributed by atoms with Gasteiger partial charge in [0, 0.05) is 24.7 Å². The van der Waals surface area contributed by atoms with Crippen molar-refractivity contribution in [1.82, 2.24) is 5.32 Å². The molecule has 5 rings (SSSR count). The summed E-state index contributed by atoms with van der Waals surface area (Å²) in [5.74, 6) is -13.1. The zero-order valence-corrected chi connectivity index (χ0v) is 21.6. The highest BCUT2D eigenvalue weighted by atomic mass is 16.5. The molecule has 5 N–H and O–H groups in total. The fourth-order valence-electron chi connectivity index (χ4n) is 7.15. The number of hydrogen-bond donors (Lipinski definition) is 4. The third kappa shape index (κ3) is 4.19. The number of phenolic OH excluding ortho intramolecular Hbond substituents is 1. The van der Waals surface area contributed by atoms with Gasteiger partial charge in [0.05, 0.1) is 11.5 Å². The number of carbonyl (C=O) groups is 6. The minimum absolute atomic E-state index is 0.0448. The number of fused-ring (bicyclic) bond motifs is 3. The van der Waals surface area contributed by atoms with E-state index in [0.29, 0.717) is 17.9 Å². The first kappa shape index (κ1) is 27.1. The molecule has 7 atom stereocenters. The van der Waals surface area contributed by atoms with Crippen LogP contribution in [0.25, 0.3) is 0 Å². The van der Waals surface area contributed by atoms with Gasteiger partial charge in [0.1, 0.15) is 11.9 Å². The second kappa shape index (κ2) is 9.95. The Morgan fingerprint density at radius 1 is 1.13 bits per heavy atom. The topological polar surface area (TPSA) is 190 Å². The van der Waals surface area contributed by atoms with Gasteiger partial charge in [0.25, 0.3) is 0 Å². The Kier molecular flexibility index (Phi) is 6.92. The lowest BCUT2D eigenvalue weighted by Gasteiger charge is -2.53. The molecule has 11 nitrogen and oxygen atoms in total. The fourth-order valence-corrected chi connectivity index (χ4v) is 7.15. The van der Waals surface area contributed by atoms with E-state index in [1.54, 1.807) is 19.1 Å². The summed E-state index contributed by atoms with van der Waals surface area (Å²) in [5.41, 5.74) is 2.65. The molecule has 1 saturated heterocycles. The molecule has 1 aromatic rings. The van der Waals surface area contributed by atoms with E-state index in [9.17, 15) is 39.0 Å². The average Bonchev–Trinajstić information content (AvgIpc) is 2.89. The third-order valence-corrected chi connectivity index (χ3v) is 9.18. The van der Waals surface area contributed by atoms with Crippen molar-refractivity contribution in [3.05, 3.63) is 29.3 Å². The van der Waals surface area contributed by atoms with Crippen LogP contribution in [0.2, 0.25) is 0 Å². The maximum absolute atomic E-state index is 13.9. The molecule has 0 spiro atoms. The van der Waals surface area contributed by atoms with Crippen LogP contribution in [0, 0.1) is 29.6 Å². The number of carbonyl (C=O) groups excluding carboxylic acids is 6. The van der Waals surface area contributed by atoms with E-state index in [1.807, 2.05) is 0 Å². The molecule has 2 saturated carbocycles. The van der Waals surface area contributed by atoms with Crippen molar-refractivity contribution in [2.75, 3.05) is 13.1 Å². The van der Waals surface area contributed by atoms with Gasteiger partial charge in [-0.2, -0.15) is 0 Å². The van der Waals surface area contributed by atoms with Crippen LogP contribution >= 0.6 is 0 Å². The number of Topliss-reactive ketones (excluding diaryl/α,β-unsaturated/α-hetero) is 4. The molecule has 3 fully saturated rings. The molecule has 1 amide bonds. The molecule has 4 aliphatic rings. The summed E-state index contributed by atoms with van der Waals surface area (Å²) in [7, 11) is 0. The van der Waals surface area contributed by atoms with E-state index in [2.05, 4.69) is 5.32 Å². The predicted molar refractivity (Wildman–Crippen MR) is 133 cm³/mol. The van der Waals surface area contributed by atoms with Crippen LogP contribution < -0.4 is 11.1 Å². The van der Waals surface area contributed by atoms with Crippen LogP contribution in [0.1, 0.15) is 60.9 Å². The van der Waals surface area contributed by atoms with Crippen LogP contribution in [-0.2, 0) is 28.7 Å². The van der Waals surface area contributed by atoms with E-state index < -0.39 is 82.7 Å². The Bertz CT molecular complexity index is 1270. The lowest BCUT2D eigenvalue weighted by molar-refractivity contribution is -0.198. The minimum atomic E-state index is -2.94. The molecule has 208 valence electrons. The summed E-state index contributed by atoms with van der Waals surface area (Å²) in [6, 6.07) is 4.46. The lowest BCUT2D eigenvalue weighted by atomic mass is 9.50. The maximum Gasteiger partial charge on any atom is 0.306 e. The van der Waals surface area contributed by atoms with E-state index in [1.165, 1.54) is 6.07 Å². The number of aromatic hydroxyl groups is 1. The molecule has 1 aliphatic heterocycles. The number of ether oxygens (including phenoxy) is 1. The highest BCUT2D eigenvalue weighted by molar-refractivity contribution is 6.31. The normalized spacial score (nSPS) is 34.6. The summed E-state index contributed by atoms with van der Waals surface area (Å²) >= 11 is 0. The monoisotopic (exact) mass is 540 g/mol. The Morgan fingerprint density at radius 3 is 2.49 bits per heavy atom. The number of nitrogens with one attached hydrogen (secondary N) is 1. The SMILES string of the molecule is C[C@H]1c2cccc(O)c2C(=O)C2C(=O)[C@]3(O)C(=O)C(C(N)=O)C(=O)C[C@@H]3[C@@H](OC(=O)CCC3CCNCC3)[C@@H]21. The molecule has 2 unspecified atom stereocenters. The smallest absolute Gasteiger partial charge is 0.306 e. The van der Waals surface area contributed by atoms with Crippen LogP contribution in [0.4, 0.5) is 0 Å². The number of ketones is 4. The molecule has 0 aromatic heterocycles. The van der Waals surface area contributed by atoms with Crippen LogP contribution in [0.5, 0.6) is 5.75 Å². The van der Waals surface area contributed by atoms with Crippen LogP contribution in [0.15, 0.2) is 18.2 Å². The third-order valence-electron chi connectivity index (χ3n) is 9.18. The standard InChI is InChI=1S/C28H32N2O9/c1-12-14-3-2-4-16(31)20(14)23(34)22-19(12)24(39-18(33)6-5-13-7-9-30-10-8-13)15-11-17(32)21(27(29)37)25(35)28(15,38)26(22)36/h2-4,12-13,15,19,21-22,24,30-31,38H,5-11H2,1H3,(H2,29,37)/t12-,15+,19+,21?,22?,24+,28+/m0/s1.